The fraction of sp³-hybridized carbons (Fsp3) is 0.0714. The summed E-state index contributed by atoms with van der Waals surface area (Å²) in [4.78, 5) is 10.8. The van der Waals surface area contributed by atoms with Crippen molar-refractivity contribution in [1.82, 2.24) is 0 Å². The van der Waals surface area contributed by atoms with Gasteiger partial charge in [-0.2, -0.15) is 0 Å². The molecule has 3 rings (SSSR count). The lowest BCUT2D eigenvalue weighted by Crippen LogP contribution is -2.13. The second-order valence-electron chi connectivity index (χ2n) is 4.66. The molecule has 0 amide bonds. The van der Waals surface area contributed by atoms with Gasteiger partial charge in [0.05, 0.1) is 10.6 Å². The molecule has 1 aliphatic rings. The molecule has 0 unspecified atom stereocenters. The highest BCUT2D eigenvalue weighted by atomic mass is 32.2. The van der Waals surface area contributed by atoms with E-state index in [-0.39, 0.29) is 22.9 Å². The predicted octanol–water partition coefficient (Wildman–Crippen LogP) is 1.62. The van der Waals surface area contributed by atoms with Crippen LogP contribution in [0.5, 0.6) is 17.2 Å². The number of carboxylic acid groups (broad SMARTS) is 1. The second kappa shape index (κ2) is 5.36. The summed E-state index contributed by atoms with van der Waals surface area (Å²) in [5.74, 6) is -1.08. The Hall–Kier alpha value is -2.94. The van der Waals surface area contributed by atoms with E-state index in [9.17, 15) is 18.3 Å². The Morgan fingerprint density at radius 2 is 1.83 bits per heavy atom. The molecular formula is C14H11NO7S. The van der Waals surface area contributed by atoms with Gasteiger partial charge in [0.15, 0.2) is 11.5 Å². The number of aromatic carboxylic acids is 1. The molecule has 2 aromatic rings. The van der Waals surface area contributed by atoms with Crippen molar-refractivity contribution in [2.45, 2.75) is 4.90 Å². The van der Waals surface area contributed by atoms with Crippen LogP contribution in [-0.2, 0) is 10.0 Å². The third kappa shape index (κ3) is 2.86. The average Bonchev–Trinajstić information content (AvgIpc) is 2.93. The Morgan fingerprint density at radius 3 is 2.52 bits per heavy atom. The molecule has 0 saturated carbocycles. The molecular weight excluding hydrogens is 326 g/mol. The monoisotopic (exact) mass is 337 g/mol. The standard InChI is InChI=1S/C14H11NO7S/c16-11-5-8(1-3-10(11)14(17)18)15-23(19,20)9-2-4-12-13(6-9)22-7-21-12/h1-6,15-16H,7H2,(H,17,18). The maximum absolute atomic E-state index is 12.3. The highest BCUT2D eigenvalue weighted by Crippen LogP contribution is 2.34. The minimum Gasteiger partial charge on any atom is -0.507 e. The molecule has 2 aromatic carbocycles. The molecule has 3 N–H and O–H groups in total. The Bertz CT molecular complexity index is 892. The molecule has 0 radical (unpaired) electrons. The van der Waals surface area contributed by atoms with Crippen LogP contribution >= 0.6 is 0 Å². The summed E-state index contributed by atoms with van der Waals surface area (Å²) < 4.78 is 37.1. The highest BCUT2D eigenvalue weighted by Gasteiger charge is 2.21. The molecule has 1 heterocycles. The van der Waals surface area contributed by atoms with E-state index in [0.717, 1.165) is 12.1 Å². The molecule has 9 heteroatoms. The minimum absolute atomic E-state index is 0.0246. The van der Waals surface area contributed by atoms with Gasteiger partial charge in [-0.05, 0) is 24.3 Å². The average molecular weight is 337 g/mol. The van der Waals surface area contributed by atoms with Gasteiger partial charge >= 0.3 is 5.97 Å². The van der Waals surface area contributed by atoms with Gasteiger partial charge in [0.2, 0.25) is 6.79 Å². The molecule has 0 atom stereocenters. The number of hydrogen-bond donors (Lipinski definition) is 3. The third-order valence-corrected chi connectivity index (χ3v) is 4.51. The van der Waals surface area contributed by atoms with E-state index in [0.29, 0.717) is 11.5 Å². The summed E-state index contributed by atoms with van der Waals surface area (Å²) in [7, 11) is -3.93. The SMILES string of the molecule is O=C(O)c1ccc(NS(=O)(=O)c2ccc3c(c2)OCO3)cc1O. The van der Waals surface area contributed by atoms with Crippen molar-refractivity contribution in [1.29, 1.82) is 0 Å². The summed E-state index contributed by atoms with van der Waals surface area (Å²) in [5, 5.41) is 18.4. The van der Waals surface area contributed by atoms with Gasteiger partial charge in [-0.25, -0.2) is 13.2 Å². The molecule has 1 aliphatic heterocycles. The number of phenols is 1. The van der Waals surface area contributed by atoms with Crippen molar-refractivity contribution < 1.29 is 32.9 Å². The van der Waals surface area contributed by atoms with Crippen molar-refractivity contribution in [2.24, 2.45) is 0 Å². The zero-order valence-electron chi connectivity index (χ0n) is 11.5. The number of anilines is 1. The van der Waals surface area contributed by atoms with Gasteiger partial charge in [-0.1, -0.05) is 0 Å². The molecule has 23 heavy (non-hydrogen) atoms. The molecule has 0 bridgehead atoms. The molecule has 0 aromatic heterocycles. The lowest BCUT2D eigenvalue weighted by atomic mass is 10.2. The van der Waals surface area contributed by atoms with Gasteiger partial charge in [0.1, 0.15) is 11.3 Å². The van der Waals surface area contributed by atoms with Crippen molar-refractivity contribution in [3.05, 3.63) is 42.0 Å². The van der Waals surface area contributed by atoms with E-state index in [1.54, 1.807) is 0 Å². The lowest BCUT2D eigenvalue weighted by Gasteiger charge is -2.10. The number of carbonyl (C=O) groups is 1. The van der Waals surface area contributed by atoms with Gasteiger partial charge in [-0.15, -0.1) is 0 Å². The number of ether oxygens (including phenoxy) is 2. The Kier molecular flexibility index (Phi) is 3.49. The number of nitrogens with one attached hydrogen (secondary N) is 1. The first-order chi connectivity index (χ1) is 10.9. The van der Waals surface area contributed by atoms with Crippen LogP contribution in [0.15, 0.2) is 41.3 Å². The number of sulfonamides is 1. The van der Waals surface area contributed by atoms with Crippen LogP contribution < -0.4 is 14.2 Å². The topological polar surface area (TPSA) is 122 Å². The van der Waals surface area contributed by atoms with Crippen LogP contribution in [0.2, 0.25) is 0 Å². The number of fused-ring (bicyclic) bond motifs is 1. The molecule has 120 valence electrons. The minimum atomic E-state index is -3.93. The Balaban J connectivity index is 1.89. The maximum atomic E-state index is 12.3. The largest absolute Gasteiger partial charge is 0.507 e. The van der Waals surface area contributed by atoms with Gasteiger partial charge in [0.25, 0.3) is 10.0 Å². The number of aromatic hydroxyl groups is 1. The smallest absolute Gasteiger partial charge is 0.339 e. The van der Waals surface area contributed by atoms with E-state index in [4.69, 9.17) is 14.6 Å². The van der Waals surface area contributed by atoms with E-state index in [1.165, 1.54) is 24.3 Å². The van der Waals surface area contributed by atoms with E-state index in [1.807, 2.05) is 0 Å². The molecule has 0 fully saturated rings. The van der Waals surface area contributed by atoms with E-state index < -0.39 is 21.7 Å². The van der Waals surface area contributed by atoms with Crippen LogP contribution in [-0.4, -0.2) is 31.4 Å². The molecule has 0 saturated heterocycles. The van der Waals surface area contributed by atoms with E-state index in [2.05, 4.69) is 4.72 Å². The second-order valence-corrected chi connectivity index (χ2v) is 6.34. The predicted molar refractivity (Wildman–Crippen MR) is 78.4 cm³/mol. The summed E-state index contributed by atoms with van der Waals surface area (Å²) in [6.45, 7) is 0.0246. The number of benzene rings is 2. The van der Waals surface area contributed by atoms with Crippen LogP contribution in [0.4, 0.5) is 5.69 Å². The summed E-state index contributed by atoms with van der Waals surface area (Å²) in [6, 6.07) is 7.51. The first kappa shape index (κ1) is 15.0. The molecule has 0 aliphatic carbocycles. The lowest BCUT2D eigenvalue weighted by molar-refractivity contribution is 0.0693. The van der Waals surface area contributed by atoms with Crippen molar-refractivity contribution >= 4 is 21.7 Å². The number of rotatable bonds is 4. The number of carboxylic acids is 1. The van der Waals surface area contributed by atoms with E-state index >= 15 is 0 Å². The zero-order valence-corrected chi connectivity index (χ0v) is 12.3. The fourth-order valence-corrected chi connectivity index (χ4v) is 3.10. The molecule has 0 spiro atoms. The summed E-state index contributed by atoms with van der Waals surface area (Å²) in [6.07, 6.45) is 0. The van der Waals surface area contributed by atoms with Crippen LogP contribution in [0.1, 0.15) is 10.4 Å². The van der Waals surface area contributed by atoms with Gasteiger partial charge in [-0.3, -0.25) is 4.72 Å². The molecule has 8 nitrogen and oxygen atoms in total. The summed E-state index contributed by atoms with van der Waals surface area (Å²) >= 11 is 0. The van der Waals surface area contributed by atoms with Crippen molar-refractivity contribution in [3.63, 3.8) is 0 Å². The third-order valence-electron chi connectivity index (χ3n) is 3.13. The Morgan fingerprint density at radius 1 is 1.09 bits per heavy atom. The number of hydrogen-bond acceptors (Lipinski definition) is 6. The maximum Gasteiger partial charge on any atom is 0.339 e. The van der Waals surface area contributed by atoms with Crippen molar-refractivity contribution in [2.75, 3.05) is 11.5 Å². The first-order valence-electron chi connectivity index (χ1n) is 6.35. The highest BCUT2D eigenvalue weighted by molar-refractivity contribution is 7.92. The van der Waals surface area contributed by atoms with Crippen LogP contribution in [0.25, 0.3) is 0 Å². The zero-order chi connectivity index (χ0) is 16.6. The Labute approximate surface area is 131 Å². The fourth-order valence-electron chi connectivity index (χ4n) is 2.03. The quantitative estimate of drug-likeness (QED) is 0.775. The van der Waals surface area contributed by atoms with Gasteiger partial charge < -0.3 is 19.7 Å². The van der Waals surface area contributed by atoms with Crippen molar-refractivity contribution in [3.8, 4) is 17.2 Å². The summed E-state index contributed by atoms with van der Waals surface area (Å²) in [5.41, 5.74) is -0.291. The normalized spacial score (nSPS) is 12.9. The van der Waals surface area contributed by atoms with Crippen LogP contribution in [0, 0.1) is 0 Å². The van der Waals surface area contributed by atoms with Gasteiger partial charge in [0, 0.05) is 12.1 Å². The van der Waals surface area contributed by atoms with Crippen LogP contribution in [0.3, 0.4) is 0 Å². The first-order valence-corrected chi connectivity index (χ1v) is 7.84.